The number of nitrogens with zero attached hydrogens (tertiary/aromatic N) is 2. The first-order valence-electron chi connectivity index (χ1n) is 8.33. The third-order valence-corrected chi connectivity index (χ3v) is 4.84. The second-order valence-electron chi connectivity index (χ2n) is 6.14. The number of hydrogen-bond donors (Lipinski definition) is 1. The third-order valence-electron chi connectivity index (χ3n) is 4.51. The van der Waals surface area contributed by atoms with Crippen molar-refractivity contribution in [1.29, 1.82) is 0 Å². The molecule has 1 atom stereocenters. The van der Waals surface area contributed by atoms with Crippen molar-refractivity contribution in [3.8, 4) is 5.75 Å². The predicted molar refractivity (Wildman–Crippen MR) is 97.1 cm³/mol. The Morgan fingerprint density at radius 3 is 3.08 bits per heavy atom. The molecule has 3 heterocycles. The minimum Gasteiger partial charge on any atom is -0.486 e. The van der Waals surface area contributed by atoms with Gasteiger partial charge in [-0.05, 0) is 36.2 Å². The molecule has 1 amide bonds. The fraction of sp³-hybridized carbons (Fsp3) is 0.263. The standard InChI is InChI=1S/C19H18ClN3O2/c1-2-13-11-23-16(19(24)22-10-12-4-3-7-21-9-12)8-14-15(20)5-6-17(25-13)18(14)23/h3-9,13H,2,10-11H2,1H3,(H,22,24)/t13-/m1/s1. The van der Waals surface area contributed by atoms with Gasteiger partial charge in [0, 0.05) is 24.3 Å². The summed E-state index contributed by atoms with van der Waals surface area (Å²) < 4.78 is 8.03. The van der Waals surface area contributed by atoms with Gasteiger partial charge in [-0.1, -0.05) is 24.6 Å². The minimum absolute atomic E-state index is 0.0501. The third kappa shape index (κ3) is 2.85. The molecule has 3 aromatic rings. The zero-order valence-corrected chi connectivity index (χ0v) is 14.6. The Morgan fingerprint density at radius 1 is 1.44 bits per heavy atom. The van der Waals surface area contributed by atoms with Crippen molar-refractivity contribution in [2.24, 2.45) is 0 Å². The van der Waals surface area contributed by atoms with Gasteiger partial charge < -0.3 is 14.6 Å². The van der Waals surface area contributed by atoms with Crippen LogP contribution >= 0.6 is 11.6 Å². The molecule has 0 saturated heterocycles. The van der Waals surface area contributed by atoms with Gasteiger partial charge >= 0.3 is 0 Å². The number of hydrogen-bond acceptors (Lipinski definition) is 3. The summed E-state index contributed by atoms with van der Waals surface area (Å²) in [5.74, 6) is 0.655. The van der Waals surface area contributed by atoms with Crippen LogP contribution < -0.4 is 10.1 Å². The second kappa shape index (κ2) is 6.41. The van der Waals surface area contributed by atoms with Crippen molar-refractivity contribution in [2.45, 2.75) is 32.5 Å². The molecular weight excluding hydrogens is 338 g/mol. The Bertz CT molecular complexity index is 937. The van der Waals surface area contributed by atoms with E-state index in [0.717, 1.165) is 28.6 Å². The van der Waals surface area contributed by atoms with Crippen LogP contribution in [-0.4, -0.2) is 21.6 Å². The second-order valence-corrected chi connectivity index (χ2v) is 6.55. The predicted octanol–water partition coefficient (Wildman–Crippen LogP) is 3.79. The minimum atomic E-state index is -0.126. The average molecular weight is 356 g/mol. The van der Waals surface area contributed by atoms with Gasteiger partial charge in [0.15, 0.2) is 0 Å². The van der Waals surface area contributed by atoms with E-state index < -0.39 is 0 Å². The zero-order valence-electron chi connectivity index (χ0n) is 13.8. The quantitative estimate of drug-likeness (QED) is 0.774. The van der Waals surface area contributed by atoms with E-state index in [1.165, 1.54) is 0 Å². The molecule has 0 radical (unpaired) electrons. The SMILES string of the molecule is CC[C@@H]1Cn2c(C(=O)NCc3cccnc3)cc3c(Cl)ccc(c32)O1. The van der Waals surface area contributed by atoms with Crippen LogP contribution in [0.1, 0.15) is 29.4 Å². The Morgan fingerprint density at radius 2 is 2.32 bits per heavy atom. The lowest BCUT2D eigenvalue weighted by molar-refractivity contribution is 0.0935. The molecule has 0 saturated carbocycles. The number of halogens is 1. The fourth-order valence-electron chi connectivity index (χ4n) is 3.20. The van der Waals surface area contributed by atoms with Crippen LogP contribution in [0.25, 0.3) is 10.9 Å². The maximum absolute atomic E-state index is 12.8. The molecule has 1 aliphatic heterocycles. The Hall–Kier alpha value is -2.53. The van der Waals surface area contributed by atoms with Crippen LogP contribution in [0.4, 0.5) is 0 Å². The molecule has 0 fully saturated rings. The zero-order chi connectivity index (χ0) is 17.4. The topological polar surface area (TPSA) is 56.2 Å². The van der Waals surface area contributed by atoms with E-state index in [0.29, 0.717) is 23.8 Å². The van der Waals surface area contributed by atoms with Crippen molar-refractivity contribution in [3.05, 3.63) is 59.0 Å². The summed E-state index contributed by atoms with van der Waals surface area (Å²) in [4.78, 5) is 16.8. The smallest absolute Gasteiger partial charge is 0.268 e. The molecule has 6 heteroatoms. The van der Waals surface area contributed by atoms with Crippen molar-refractivity contribution in [2.75, 3.05) is 0 Å². The summed E-state index contributed by atoms with van der Waals surface area (Å²) >= 11 is 6.33. The van der Waals surface area contributed by atoms with Gasteiger partial charge in [0.1, 0.15) is 17.5 Å². The van der Waals surface area contributed by atoms with Crippen LogP contribution in [0.3, 0.4) is 0 Å². The number of carbonyl (C=O) groups is 1. The van der Waals surface area contributed by atoms with Crippen molar-refractivity contribution < 1.29 is 9.53 Å². The van der Waals surface area contributed by atoms with E-state index in [1.807, 2.05) is 34.9 Å². The van der Waals surface area contributed by atoms with Gasteiger partial charge in [-0.2, -0.15) is 0 Å². The molecule has 5 nitrogen and oxygen atoms in total. The van der Waals surface area contributed by atoms with Crippen molar-refractivity contribution in [3.63, 3.8) is 0 Å². The highest BCUT2D eigenvalue weighted by atomic mass is 35.5. The number of carbonyl (C=O) groups excluding carboxylic acids is 1. The van der Waals surface area contributed by atoms with Crippen LogP contribution in [-0.2, 0) is 13.1 Å². The number of amides is 1. The van der Waals surface area contributed by atoms with Crippen molar-refractivity contribution in [1.82, 2.24) is 14.9 Å². The van der Waals surface area contributed by atoms with E-state index in [4.69, 9.17) is 16.3 Å². The monoisotopic (exact) mass is 355 g/mol. The summed E-state index contributed by atoms with van der Waals surface area (Å²) in [7, 11) is 0. The van der Waals surface area contributed by atoms with Gasteiger partial charge in [0.05, 0.1) is 17.1 Å². The van der Waals surface area contributed by atoms with Gasteiger partial charge in [-0.25, -0.2) is 0 Å². The van der Waals surface area contributed by atoms with Crippen LogP contribution in [0.15, 0.2) is 42.7 Å². The molecule has 0 bridgehead atoms. The van der Waals surface area contributed by atoms with Gasteiger partial charge in [-0.3, -0.25) is 9.78 Å². The molecule has 0 aliphatic carbocycles. The molecule has 25 heavy (non-hydrogen) atoms. The summed E-state index contributed by atoms with van der Waals surface area (Å²) in [6.45, 7) is 3.15. The maximum atomic E-state index is 12.8. The largest absolute Gasteiger partial charge is 0.486 e. The van der Waals surface area contributed by atoms with E-state index in [2.05, 4.69) is 17.2 Å². The number of ether oxygens (including phenoxy) is 1. The fourth-order valence-corrected chi connectivity index (χ4v) is 3.40. The van der Waals surface area contributed by atoms with E-state index in [1.54, 1.807) is 12.4 Å². The lowest BCUT2D eigenvalue weighted by Crippen LogP contribution is -2.31. The highest BCUT2D eigenvalue weighted by molar-refractivity contribution is 6.36. The molecule has 1 N–H and O–H groups in total. The first-order valence-corrected chi connectivity index (χ1v) is 8.70. The molecule has 1 aromatic carbocycles. The van der Waals surface area contributed by atoms with E-state index in [-0.39, 0.29) is 12.0 Å². The van der Waals surface area contributed by atoms with Crippen LogP contribution in [0, 0.1) is 0 Å². The Balaban J connectivity index is 1.69. The van der Waals surface area contributed by atoms with Crippen LogP contribution in [0.2, 0.25) is 5.02 Å². The summed E-state index contributed by atoms with van der Waals surface area (Å²) in [6, 6.07) is 9.33. The normalized spacial score (nSPS) is 15.8. The molecule has 128 valence electrons. The summed E-state index contributed by atoms with van der Waals surface area (Å²) in [6.07, 6.45) is 4.38. The Kier molecular flexibility index (Phi) is 4.09. The lowest BCUT2D eigenvalue weighted by atomic mass is 10.2. The lowest BCUT2D eigenvalue weighted by Gasteiger charge is -2.26. The summed E-state index contributed by atoms with van der Waals surface area (Å²) in [5.41, 5.74) is 2.46. The molecule has 0 unspecified atom stereocenters. The molecular formula is C19H18ClN3O2. The highest BCUT2D eigenvalue weighted by Crippen LogP contribution is 2.38. The number of pyridine rings is 1. The molecule has 4 rings (SSSR count). The first-order chi connectivity index (χ1) is 12.2. The van der Waals surface area contributed by atoms with Gasteiger partial charge in [0.2, 0.25) is 0 Å². The van der Waals surface area contributed by atoms with Crippen molar-refractivity contribution >= 4 is 28.4 Å². The molecule has 1 aliphatic rings. The van der Waals surface area contributed by atoms with E-state index >= 15 is 0 Å². The highest BCUT2D eigenvalue weighted by Gasteiger charge is 2.26. The number of nitrogens with one attached hydrogen (secondary N) is 1. The summed E-state index contributed by atoms with van der Waals surface area (Å²) in [5, 5.41) is 4.43. The van der Waals surface area contributed by atoms with Gasteiger partial charge in [0.25, 0.3) is 5.91 Å². The van der Waals surface area contributed by atoms with Gasteiger partial charge in [-0.15, -0.1) is 0 Å². The average Bonchev–Trinajstić information content (AvgIpc) is 3.04. The number of aromatic nitrogens is 2. The number of rotatable bonds is 4. The maximum Gasteiger partial charge on any atom is 0.268 e. The van der Waals surface area contributed by atoms with Crippen LogP contribution in [0.5, 0.6) is 5.75 Å². The number of benzene rings is 1. The van der Waals surface area contributed by atoms with E-state index in [9.17, 15) is 4.79 Å². The Labute approximate surface area is 150 Å². The molecule has 2 aromatic heterocycles. The first kappa shape index (κ1) is 16.0. The molecule has 0 spiro atoms.